The summed E-state index contributed by atoms with van der Waals surface area (Å²) in [7, 11) is 0.0650. The molecule has 7 heteroatoms. The molecule has 12 heavy (non-hydrogen) atoms. The Hall–Kier alpha value is 1.86. The Morgan fingerprint density at radius 1 is 1.67 bits per heavy atom. The molecule has 0 saturated heterocycles. The van der Waals surface area contributed by atoms with Gasteiger partial charge in [0.1, 0.15) is 0 Å². The van der Waals surface area contributed by atoms with E-state index in [1.165, 1.54) is 11.8 Å². The first kappa shape index (κ1) is 16.3. The number of carbonyl (C=O) groups is 1. The summed E-state index contributed by atoms with van der Waals surface area (Å²) < 4.78 is 0. The molecule has 0 aromatic rings. The van der Waals surface area contributed by atoms with Crippen molar-refractivity contribution in [1.82, 2.24) is 0 Å². The van der Waals surface area contributed by atoms with Gasteiger partial charge >= 0.3 is 55.6 Å². The maximum absolute atomic E-state index is 9.90. The number of rotatable bonds is 4. The van der Waals surface area contributed by atoms with E-state index in [1.54, 1.807) is 6.26 Å². The standard InChI is InChI=1S/C5H10O3S.2HI.Zn/c1-9-5(8)3-2-4(6)7;;;/h5,8H,2-3H2,1H3,(H,6,7);2*1H;/q;;;+2/p-2. The topological polar surface area (TPSA) is 57.5 Å². The fourth-order valence-electron chi connectivity index (χ4n) is 0.365. The van der Waals surface area contributed by atoms with E-state index in [2.05, 4.69) is 39.5 Å². The predicted octanol–water partition coefficient (Wildman–Crippen LogP) is 2.30. The molecular formula is C5H10I2O3SZn. The second kappa shape index (κ2) is 12.9. The second-order valence-electron chi connectivity index (χ2n) is 1.72. The molecular weight excluding hydrogens is 459 g/mol. The fourth-order valence-corrected chi connectivity index (χ4v) is 0.718. The molecule has 0 radical (unpaired) electrons. The van der Waals surface area contributed by atoms with E-state index in [0.29, 0.717) is 6.42 Å². The number of hydrogen-bond acceptors (Lipinski definition) is 3. The molecule has 0 fully saturated rings. The van der Waals surface area contributed by atoms with Gasteiger partial charge in [-0.05, 0) is 12.7 Å². The van der Waals surface area contributed by atoms with Crippen LogP contribution in [0.4, 0.5) is 0 Å². The monoisotopic (exact) mass is 468 g/mol. The van der Waals surface area contributed by atoms with Crippen LogP contribution in [0.2, 0.25) is 0 Å². The molecule has 1 unspecified atom stereocenters. The number of carboxylic acid groups (broad SMARTS) is 1. The number of hydrogen-bond donors (Lipinski definition) is 2. The van der Waals surface area contributed by atoms with Gasteiger partial charge in [-0.15, -0.1) is 11.8 Å². The van der Waals surface area contributed by atoms with Crippen molar-refractivity contribution in [3.05, 3.63) is 0 Å². The zero-order valence-electron chi connectivity index (χ0n) is 6.67. The summed E-state index contributed by atoms with van der Waals surface area (Å²) in [5.74, 6) is -0.858. The van der Waals surface area contributed by atoms with E-state index in [0.717, 1.165) is 0 Å². The first-order valence-corrected chi connectivity index (χ1v) is 22.5. The van der Waals surface area contributed by atoms with Gasteiger partial charge in [0.2, 0.25) is 0 Å². The molecule has 0 aliphatic rings. The van der Waals surface area contributed by atoms with Gasteiger partial charge in [-0.3, -0.25) is 4.79 Å². The average Bonchev–Trinajstić information content (AvgIpc) is 2.01. The normalized spacial score (nSPS) is 10.7. The summed E-state index contributed by atoms with van der Waals surface area (Å²) in [4.78, 5) is 9.90. The van der Waals surface area contributed by atoms with Gasteiger partial charge in [0.25, 0.3) is 0 Å². The van der Waals surface area contributed by atoms with Crippen molar-refractivity contribution in [1.29, 1.82) is 0 Å². The van der Waals surface area contributed by atoms with E-state index in [4.69, 9.17) is 10.2 Å². The Bertz CT molecular complexity index is 117. The third-order valence-corrected chi connectivity index (χ3v) is 1.66. The van der Waals surface area contributed by atoms with E-state index < -0.39 is 11.4 Å². The Kier molecular flexibility index (Phi) is 17.5. The van der Waals surface area contributed by atoms with Crippen LogP contribution in [0.5, 0.6) is 0 Å². The van der Waals surface area contributed by atoms with E-state index in [-0.39, 0.29) is 16.5 Å². The number of aliphatic hydroxyl groups excluding tert-OH is 1. The van der Waals surface area contributed by atoms with Crippen molar-refractivity contribution in [2.45, 2.75) is 18.3 Å². The molecule has 0 spiro atoms. The van der Waals surface area contributed by atoms with Crippen LogP contribution in [-0.4, -0.2) is 27.9 Å². The van der Waals surface area contributed by atoms with Crippen LogP contribution in [0, 0.1) is 0 Å². The quantitative estimate of drug-likeness (QED) is 0.377. The van der Waals surface area contributed by atoms with Gasteiger partial charge in [0, 0.05) is 6.42 Å². The molecule has 1 atom stereocenters. The minimum absolute atomic E-state index is 0.0437. The van der Waals surface area contributed by atoms with Crippen molar-refractivity contribution in [3.8, 4) is 0 Å². The predicted molar refractivity (Wildman–Crippen MR) is 64.4 cm³/mol. The maximum atomic E-state index is 9.90. The van der Waals surface area contributed by atoms with Gasteiger partial charge in [0.15, 0.2) is 0 Å². The summed E-state index contributed by atoms with van der Waals surface area (Å²) in [5.41, 5.74) is -0.527. The SMILES string of the molecule is CSC(O)CCC(=O)O.[I][Zn][I]. The molecule has 2 N–H and O–H groups in total. The zero-order chi connectivity index (χ0) is 9.98. The Morgan fingerprint density at radius 3 is 2.33 bits per heavy atom. The van der Waals surface area contributed by atoms with E-state index >= 15 is 0 Å². The second-order valence-corrected chi connectivity index (χ2v) is 26.3. The van der Waals surface area contributed by atoms with Crippen LogP contribution in [0.25, 0.3) is 0 Å². The van der Waals surface area contributed by atoms with Crippen LogP contribution in [-0.2, 0) is 14.9 Å². The molecule has 3 nitrogen and oxygen atoms in total. The molecule has 0 aliphatic carbocycles. The van der Waals surface area contributed by atoms with Crippen LogP contribution >= 0.6 is 51.3 Å². The van der Waals surface area contributed by atoms with Crippen molar-refractivity contribution >= 4 is 57.2 Å². The van der Waals surface area contributed by atoms with Crippen molar-refractivity contribution in [2.24, 2.45) is 0 Å². The van der Waals surface area contributed by atoms with Crippen molar-refractivity contribution in [3.63, 3.8) is 0 Å². The van der Waals surface area contributed by atoms with Gasteiger partial charge in [0.05, 0.1) is 5.44 Å². The number of thioether (sulfide) groups is 1. The molecule has 0 aromatic heterocycles. The number of halogens is 2. The molecule has 0 rings (SSSR count). The van der Waals surface area contributed by atoms with Crippen LogP contribution in [0.1, 0.15) is 12.8 Å². The van der Waals surface area contributed by atoms with E-state index in [9.17, 15) is 4.79 Å². The molecule has 0 aliphatic heterocycles. The Morgan fingerprint density at radius 2 is 2.08 bits per heavy atom. The first-order chi connectivity index (χ1) is 5.58. The van der Waals surface area contributed by atoms with E-state index in [1.807, 2.05) is 0 Å². The summed E-state index contributed by atoms with van der Waals surface area (Å²) in [6.45, 7) is 0. The molecule has 0 aromatic carbocycles. The molecule has 70 valence electrons. The molecule has 0 amide bonds. The molecule has 0 bridgehead atoms. The molecule has 0 heterocycles. The summed E-state index contributed by atoms with van der Waals surface area (Å²) in [6.07, 6.45) is 2.12. The third-order valence-electron chi connectivity index (χ3n) is 0.877. The first-order valence-electron chi connectivity index (χ1n) is 3.13. The Labute approximate surface area is 105 Å². The van der Waals surface area contributed by atoms with Gasteiger partial charge in [-0.2, -0.15) is 0 Å². The van der Waals surface area contributed by atoms with Crippen molar-refractivity contribution < 1.29 is 25.1 Å². The number of aliphatic carboxylic acids is 1. The fraction of sp³-hybridized carbons (Fsp3) is 0.800. The summed E-state index contributed by atoms with van der Waals surface area (Å²) in [5, 5.41) is 16.9. The van der Waals surface area contributed by atoms with Gasteiger partial charge in [-0.25, -0.2) is 0 Å². The summed E-state index contributed by atoms with van der Waals surface area (Å²) in [6, 6.07) is 0. The van der Waals surface area contributed by atoms with Crippen LogP contribution in [0.15, 0.2) is 0 Å². The third kappa shape index (κ3) is 17.8. The molecule has 0 saturated carbocycles. The van der Waals surface area contributed by atoms with Gasteiger partial charge < -0.3 is 10.2 Å². The van der Waals surface area contributed by atoms with Crippen LogP contribution in [0.3, 0.4) is 0 Å². The average molecular weight is 469 g/mol. The number of aliphatic hydroxyl groups is 1. The zero-order valence-corrected chi connectivity index (χ0v) is 14.8. The van der Waals surface area contributed by atoms with Crippen LogP contribution < -0.4 is 0 Å². The minimum atomic E-state index is -0.858. The van der Waals surface area contributed by atoms with Gasteiger partial charge in [-0.1, -0.05) is 0 Å². The summed E-state index contributed by atoms with van der Waals surface area (Å²) >= 11 is 6.18. The van der Waals surface area contributed by atoms with Crippen molar-refractivity contribution in [2.75, 3.05) is 6.26 Å². The Balaban J connectivity index is 0. The number of carboxylic acids is 1.